The van der Waals surface area contributed by atoms with E-state index in [0.29, 0.717) is 25.4 Å². The molecule has 138 valence electrons. The Morgan fingerprint density at radius 1 is 1.24 bits per heavy atom. The first-order chi connectivity index (χ1) is 11.8. The van der Waals surface area contributed by atoms with E-state index in [9.17, 15) is 9.59 Å². The Balaban J connectivity index is 1.64. The highest BCUT2D eigenvalue weighted by atomic mass is 16.2. The Hall–Kier alpha value is -1.72. The third-order valence-corrected chi connectivity index (χ3v) is 4.48. The molecule has 0 bridgehead atoms. The summed E-state index contributed by atoms with van der Waals surface area (Å²) in [5, 5.41) is 6.43. The number of carbonyl (C=O) groups is 2. The molecule has 25 heavy (non-hydrogen) atoms. The summed E-state index contributed by atoms with van der Waals surface area (Å²) in [6, 6.07) is 11.0. The first kappa shape index (κ1) is 19.6. The second-order valence-corrected chi connectivity index (χ2v) is 7.72. The zero-order chi connectivity index (χ0) is 18.3. The predicted octanol–water partition coefficient (Wildman–Crippen LogP) is 2.11. The van der Waals surface area contributed by atoms with Crippen LogP contribution in [0.2, 0.25) is 0 Å². The first-order valence-corrected chi connectivity index (χ1v) is 9.14. The molecule has 1 aromatic carbocycles. The lowest BCUT2D eigenvalue weighted by atomic mass is 9.98. The average molecular weight is 345 g/mol. The van der Waals surface area contributed by atoms with Crippen LogP contribution in [0.1, 0.15) is 45.6 Å². The summed E-state index contributed by atoms with van der Waals surface area (Å²) in [7, 11) is 0. The van der Waals surface area contributed by atoms with E-state index in [4.69, 9.17) is 0 Å². The number of carbonyl (C=O) groups excluding carboxylic acids is 2. The van der Waals surface area contributed by atoms with Gasteiger partial charge in [-0.2, -0.15) is 0 Å². The highest BCUT2D eigenvalue weighted by molar-refractivity contribution is 5.80. The molecular weight excluding hydrogens is 314 g/mol. The van der Waals surface area contributed by atoms with Gasteiger partial charge in [0.15, 0.2) is 0 Å². The third kappa shape index (κ3) is 7.36. The van der Waals surface area contributed by atoms with Crippen molar-refractivity contribution in [2.75, 3.05) is 19.6 Å². The second-order valence-electron chi connectivity index (χ2n) is 7.72. The van der Waals surface area contributed by atoms with E-state index in [2.05, 4.69) is 39.8 Å². The van der Waals surface area contributed by atoms with Crippen molar-refractivity contribution in [2.24, 2.45) is 0 Å². The van der Waals surface area contributed by atoms with Crippen LogP contribution in [0.3, 0.4) is 0 Å². The van der Waals surface area contributed by atoms with Gasteiger partial charge in [-0.3, -0.25) is 14.5 Å². The second kappa shape index (κ2) is 9.11. The van der Waals surface area contributed by atoms with Crippen LogP contribution in [-0.4, -0.2) is 47.8 Å². The number of benzene rings is 1. The molecule has 0 spiro atoms. The molecule has 2 N–H and O–H groups in total. The average Bonchev–Trinajstić information content (AvgIpc) is 2.93. The Morgan fingerprint density at radius 3 is 2.64 bits per heavy atom. The van der Waals surface area contributed by atoms with Crippen molar-refractivity contribution in [3.63, 3.8) is 0 Å². The van der Waals surface area contributed by atoms with Gasteiger partial charge in [-0.05, 0) is 32.8 Å². The van der Waals surface area contributed by atoms with Gasteiger partial charge in [0, 0.05) is 50.6 Å². The minimum Gasteiger partial charge on any atom is -0.351 e. The molecule has 0 aliphatic carbocycles. The molecule has 1 saturated heterocycles. The van der Waals surface area contributed by atoms with E-state index in [0.717, 1.165) is 26.1 Å². The summed E-state index contributed by atoms with van der Waals surface area (Å²) in [6.07, 6.45) is 1.92. The molecule has 5 heteroatoms. The molecule has 0 aromatic heterocycles. The van der Waals surface area contributed by atoms with E-state index in [-0.39, 0.29) is 11.7 Å². The van der Waals surface area contributed by atoms with Crippen molar-refractivity contribution < 1.29 is 9.59 Å². The van der Waals surface area contributed by atoms with E-state index >= 15 is 0 Å². The first-order valence-electron chi connectivity index (χ1n) is 9.14. The topological polar surface area (TPSA) is 61.4 Å². The number of hydrogen-bond acceptors (Lipinski definition) is 4. The molecular formula is C20H31N3O2. The molecule has 1 atom stereocenters. The van der Waals surface area contributed by atoms with Gasteiger partial charge in [0.25, 0.3) is 0 Å². The standard InChI is InChI=1S/C20H31N3O2/c1-16(24)13-20(2,3)22-19(25)9-11-21-18-10-12-23(15-18)14-17-7-5-4-6-8-17/h4-8,18,21H,9-15H2,1-3H3,(H,22,25). The quantitative estimate of drug-likeness (QED) is 0.720. The fourth-order valence-corrected chi connectivity index (χ4v) is 3.48. The highest BCUT2D eigenvalue weighted by Crippen LogP contribution is 2.13. The minimum absolute atomic E-state index is 0.00195. The summed E-state index contributed by atoms with van der Waals surface area (Å²) >= 11 is 0. The zero-order valence-corrected chi connectivity index (χ0v) is 15.7. The van der Waals surface area contributed by atoms with Crippen LogP contribution in [-0.2, 0) is 16.1 Å². The van der Waals surface area contributed by atoms with Crippen LogP contribution in [0.25, 0.3) is 0 Å². The van der Waals surface area contributed by atoms with Gasteiger partial charge in [0.2, 0.25) is 5.91 Å². The van der Waals surface area contributed by atoms with Crippen LogP contribution in [0, 0.1) is 0 Å². The third-order valence-electron chi connectivity index (χ3n) is 4.48. The molecule has 5 nitrogen and oxygen atoms in total. The van der Waals surface area contributed by atoms with Crippen molar-refractivity contribution in [3.05, 3.63) is 35.9 Å². The van der Waals surface area contributed by atoms with E-state index in [1.54, 1.807) is 6.92 Å². The maximum atomic E-state index is 12.0. The maximum Gasteiger partial charge on any atom is 0.221 e. The smallest absolute Gasteiger partial charge is 0.221 e. The van der Waals surface area contributed by atoms with Crippen LogP contribution < -0.4 is 10.6 Å². The number of nitrogens with one attached hydrogen (secondary N) is 2. The van der Waals surface area contributed by atoms with Crippen molar-refractivity contribution >= 4 is 11.7 Å². The predicted molar refractivity (Wildman–Crippen MR) is 100 cm³/mol. The summed E-state index contributed by atoms with van der Waals surface area (Å²) in [6.45, 7) is 9.09. The monoisotopic (exact) mass is 345 g/mol. The van der Waals surface area contributed by atoms with Gasteiger partial charge in [0.1, 0.15) is 5.78 Å². The van der Waals surface area contributed by atoms with Crippen LogP contribution >= 0.6 is 0 Å². The number of Topliss-reactive ketones (excluding diaryl/α,β-unsaturated/α-hetero) is 1. The molecule has 1 aliphatic rings. The molecule has 1 amide bonds. The molecule has 2 rings (SSSR count). The molecule has 1 aliphatic heterocycles. The molecule has 1 fully saturated rings. The number of hydrogen-bond donors (Lipinski definition) is 2. The lowest BCUT2D eigenvalue weighted by Crippen LogP contribution is -2.45. The van der Waals surface area contributed by atoms with Crippen LogP contribution in [0.15, 0.2) is 30.3 Å². The fourth-order valence-electron chi connectivity index (χ4n) is 3.48. The molecule has 0 radical (unpaired) electrons. The number of rotatable bonds is 9. The fraction of sp³-hybridized carbons (Fsp3) is 0.600. The Morgan fingerprint density at radius 2 is 1.96 bits per heavy atom. The van der Waals surface area contributed by atoms with Gasteiger partial charge < -0.3 is 10.6 Å². The van der Waals surface area contributed by atoms with Crippen molar-refractivity contribution in [3.8, 4) is 0 Å². The van der Waals surface area contributed by atoms with Gasteiger partial charge in [-0.15, -0.1) is 0 Å². The van der Waals surface area contributed by atoms with Gasteiger partial charge in [0.05, 0.1) is 0 Å². The number of amides is 1. The van der Waals surface area contributed by atoms with Crippen molar-refractivity contribution in [2.45, 2.75) is 58.2 Å². The number of nitrogens with zero attached hydrogens (tertiary/aromatic N) is 1. The Labute approximate surface area is 151 Å². The van der Waals surface area contributed by atoms with E-state index in [1.165, 1.54) is 5.56 Å². The van der Waals surface area contributed by atoms with Crippen LogP contribution in [0.4, 0.5) is 0 Å². The van der Waals surface area contributed by atoms with Gasteiger partial charge in [-0.1, -0.05) is 30.3 Å². The summed E-state index contributed by atoms with van der Waals surface area (Å²) < 4.78 is 0. The maximum absolute atomic E-state index is 12.0. The zero-order valence-electron chi connectivity index (χ0n) is 15.7. The molecule has 1 heterocycles. The number of ketones is 1. The van der Waals surface area contributed by atoms with Crippen molar-refractivity contribution in [1.29, 1.82) is 0 Å². The molecule has 1 unspecified atom stereocenters. The van der Waals surface area contributed by atoms with Gasteiger partial charge >= 0.3 is 0 Å². The van der Waals surface area contributed by atoms with Crippen molar-refractivity contribution in [1.82, 2.24) is 15.5 Å². The Bertz CT molecular complexity index is 572. The van der Waals surface area contributed by atoms with E-state index in [1.807, 2.05) is 19.9 Å². The number of likely N-dealkylation sites (tertiary alicyclic amines) is 1. The summed E-state index contributed by atoms with van der Waals surface area (Å²) in [4.78, 5) is 25.7. The largest absolute Gasteiger partial charge is 0.351 e. The normalized spacial score (nSPS) is 18.3. The summed E-state index contributed by atoms with van der Waals surface area (Å²) in [5.41, 5.74) is 0.873. The van der Waals surface area contributed by atoms with E-state index < -0.39 is 5.54 Å². The highest BCUT2D eigenvalue weighted by Gasteiger charge is 2.24. The van der Waals surface area contributed by atoms with Crippen LogP contribution in [0.5, 0.6) is 0 Å². The molecule has 1 aromatic rings. The SMILES string of the molecule is CC(=O)CC(C)(C)NC(=O)CCNC1CCN(Cc2ccccc2)C1. The van der Waals surface area contributed by atoms with Gasteiger partial charge in [-0.25, -0.2) is 0 Å². The lowest BCUT2D eigenvalue weighted by Gasteiger charge is -2.25. The Kier molecular flexibility index (Phi) is 7.14. The minimum atomic E-state index is -0.469. The summed E-state index contributed by atoms with van der Waals surface area (Å²) in [5.74, 6) is 0.0887. The molecule has 0 saturated carbocycles. The lowest BCUT2D eigenvalue weighted by molar-refractivity contribution is -0.123.